The highest BCUT2D eigenvalue weighted by atomic mass is 79.9. The number of nitrogens with two attached hydrogens (primary N) is 1. The predicted molar refractivity (Wildman–Crippen MR) is 406 cm³/mol. The third kappa shape index (κ3) is 25.3. The molecule has 0 spiro atoms. The van der Waals surface area contributed by atoms with E-state index in [4.69, 9.17) is 22.0 Å². The summed E-state index contributed by atoms with van der Waals surface area (Å²) < 4.78 is 83.9. The number of aliphatic hydroxyl groups is 3. The molecule has 3 heterocycles. The second-order valence-electron chi connectivity index (χ2n) is 22.6. The fourth-order valence-corrected chi connectivity index (χ4v) is 13.6. The number of amides is 4. The lowest BCUT2D eigenvalue weighted by Crippen LogP contribution is -2.46. The molecule has 0 saturated carbocycles. The molecule has 1 aliphatic carbocycles. The summed E-state index contributed by atoms with van der Waals surface area (Å²) in [7, 11) is -0.292. The summed E-state index contributed by atoms with van der Waals surface area (Å²) in [5, 5.41) is 30.7. The largest absolute Gasteiger partial charge is 0.534 e. The number of ether oxygens (including phenoxy) is 1. The number of terminal acetylenes is 1. The molecule has 25 nitrogen and oxygen atoms in total. The first-order valence-corrected chi connectivity index (χ1v) is 36.8. The van der Waals surface area contributed by atoms with E-state index in [-0.39, 0.29) is 23.1 Å². The second kappa shape index (κ2) is 42.2. The third-order valence-electron chi connectivity index (χ3n) is 15.2. The maximum absolute atomic E-state index is 12.1. The molecule has 1 aliphatic rings. The van der Waals surface area contributed by atoms with Crippen molar-refractivity contribution in [3.8, 4) is 41.2 Å². The van der Waals surface area contributed by atoms with Crippen LogP contribution in [0.1, 0.15) is 86.6 Å². The van der Waals surface area contributed by atoms with Crippen molar-refractivity contribution in [1.82, 2.24) is 35.0 Å². The van der Waals surface area contributed by atoms with Gasteiger partial charge in [0.25, 0.3) is 11.8 Å². The van der Waals surface area contributed by atoms with Crippen molar-refractivity contribution in [3.05, 3.63) is 211 Å². The highest BCUT2D eigenvalue weighted by molar-refractivity contribution is 9.10. The number of hydrogen-bond donors (Lipinski definition) is 8. The zero-order chi connectivity index (χ0) is 78.5. The highest BCUT2D eigenvalue weighted by Crippen LogP contribution is 2.45. The van der Waals surface area contributed by atoms with Crippen LogP contribution in [0.2, 0.25) is 0 Å². The summed E-state index contributed by atoms with van der Waals surface area (Å²) in [4.78, 5) is 85.0. The number of halogens is 5. The molecule has 9 N–H and O–H groups in total. The van der Waals surface area contributed by atoms with Crippen LogP contribution in [0.25, 0.3) is 41.4 Å². The normalized spacial score (nSPS) is 12.9. The number of fused-ring (bicyclic) bond motifs is 6. The van der Waals surface area contributed by atoms with Crippen LogP contribution in [0.15, 0.2) is 161 Å². The van der Waals surface area contributed by atoms with Gasteiger partial charge in [-0.3, -0.25) is 43.3 Å². The van der Waals surface area contributed by atoms with Gasteiger partial charge in [0, 0.05) is 66.3 Å². The van der Waals surface area contributed by atoms with Crippen molar-refractivity contribution < 1.29 is 93.9 Å². The Bertz CT molecular complexity index is 4850. The minimum Gasteiger partial charge on any atom is -0.447 e. The molecular weight excluding hydrogens is 1610 g/mol. The number of aromatic nitrogens is 3. The molecule has 0 aliphatic heterocycles. The molecule has 10 aromatic rings. The van der Waals surface area contributed by atoms with Crippen LogP contribution in [0.4, 0.5) is 18.0 Å². The van der Waals surface area contributed by atoms with Crippen molar-refractivity contribution >= 4 is 143 Å². The third-order valence-corrected chi connectivity index (χ3v) is 19.6. The molecule has 6 atom stereocenters. The maximum atomic E-state index is 12.1. The number of alkyl halides is 3. The molecule has 0 radical (unpaired) electrons. The molecule has 34 heteroatoms. The Morgan fingerprint density at radius 2 is 0.991 bits per heavy atom. The molecule has 3 aromatic heterocycles. The van der Waals surface area contributed by atoms with Gasteiger partial charge in [-0.2, -0.15) is 40.2 Å². The number of aliphatic hydroxyl groups excluding tert-OH is 3. The molecule has 11 rings (SSSR count). The van der Waals surface area contributed by atoms with Gasteiger partial charge in [-0.1, -0.05) is 135 Å². The van der Waals surface area contributed by atoms with Gasteiger partial charge in [0.05, 0.1) is 89.5 Å². The van der Waals surface area contributed by atoms with E-state index in [9.17, 15) is 60.6 Å². The Labute approximate surface area is 642 Å². The lowest BCUT2D eigenvalue weighted by atomic mass is 9.95. The summed E-state index contributed by atoms with van der Waals surface area (Å²) in [6.07, 6.45) is 4.31. The summed E-state index contributed by atoms with van der Waals surface area (Å²) in [6, 6.07) is 45.7. The minimum atomic E-state index is -5.69. The molecule has 0 fully saturated rings. The number of aldehydes is 2. The summed E-state index contributed by atoms with van der Waals surface area (Å²) in [6.45, 7) is 4.89. The summed E-state index contributed by atoms with van der Waals surface area (Å²) >= 11 is 10.1. The Morgan fingerprint density at radius 1 is 0.579 bits per heavy atom. The van der Waals surface area contributed by atoms with E-state index >= 15 is 0 Å². The highest BCUT2D eigenvalue weighted by Gasteiger charge is 2.49. The van der Waals surface area contributed by atoms with E-state index in [2.05, 4.69) is 127 Å². The van der Waals surface area contributed by atoms with E-state index in [0.29, 0.717) is 39.7 Å². The number of rotatable bonds is 20. The van der Waals surface area contributed by atoms with Crippen molar-refractivity contribution in [2.24, 2.45) is 17.6 Å². The van der Waals surface area contributed by atoms with E-state index in [1.807, 2.05) is 66.1 Å². The monoisotopic (exact) mass is 1670 g/mol. The van der Waals surface area contributed by atoms with Gasteiger partial charge in [-0.05, 0) is 144 Å². The Kier molecular flexibility index (Phi) is 34.1. The van der Waals surface area contributed by atoms with Crippen LogP contribution in [0.5, 0.6) is 5.88 Å². The number of carbonyl (C=O) groups excluding carboxylic acids is 6. The minimum absolute atomic E-state index is 0.0741. The molecule has 4 amide bonds. The van der Waals surface area contributed by atoms with Crippen molar-refractivity contribution in [2.45, 2.75) is 69.4 Å². The SMILES string of the molecule is C#Cc1ccc(C=O)cc1.CONC(=O)OCC1c2ccccc2-c2ccccc21.CONC(=O)[C@@H](Cc1nsc2cc(Br)ccc12)[C@@H](C)O.CONC(=O)[C@@H](Cc1nsc2cc(C#Cc3ccc(C=O)cc3)ccc12)[C@@H](C)O.CONC(=O)[C@@H](N)[C@@H](C)O.O=S(=O)(Oc1nsc2cc(Br)ccc12)C(F)(F)F. The van der Waals surface area contributed by atoms with Crippen molar-refractivity contribution in [3.63, 3.8) is 0 Å². The number of hydrogen-bond acceptors (Lipinski definition) is 24. The first-order valence-electron chi connectivity index (χ1n) is 31.5. The van der Waals surface area contributed by atoms with Gasteiger partial charge < -0.3 is 30.0 Å². The average molecular weight is 1680 g/mol. The number of nitrogens with one attached hydrogen (secondary N) is 4. The van der Waals surface area contributed by atoms with Crippen LogP contribution in [0, 0.1) is 36.0 Å². The van der Waals surface area contributed by atoms with E-state index in [0.717, 1.165) is 76.8 Å². The fourth-order valence-electron chi connectivity index (χ4n) is 9.70. The van der Waals surface area contributed by atoms with Gasteiger partial charge in [-0.25, -0.2) is 21.2 Å². The van der Waals surface area contributed by atoms with Crippen LogP contribution in [-0.2, 0) is 61.4 Å². The first kappa shape index (κ1) is 86.4. The average Bonchev–Trinajstić information content (AvgIpc) is 1.66. The van der Waals surface area contributed by atoms with E-state index in [1.54, 1.807) is 74.5 Å². The Balaban J connectivity index is 0.000000208. The standard InChI is InChI=1S/C22H20N2O4S.C16H15NO3.C13H15BrN2O3S.C9H6O.C8H3BrF3NO3S2.C5H12N2O3/c1-14(26)19(22(27)23-28-2)12-20-18-10-9-16(11-21(18)29-24-20)6-3-15-4-7-17(13-25)8-5-15;1-19-17-16(18)20-10-15-13-8-4-2-6-11(13)12-7-3-5-9-14(12)15;1-7(17)10(13(18)15-19-2)6-11-9-4-3-8(14)5-12(9)20-16-11;1-2-8-3-5-9(7-10)6-4-8;9-4-1-2-5-6(3-4)17-13-7(5)16-18(14,15)8(10,11)12;1-3(8)4(6)5(9)7-10-2/h4-5,7-11,13-14,19,26H,12H2,1-2H3,(H,23,27);2-9,15H,10H2,1H3,(H,17,18);3-5,7,10,17H,6H2,1-2H3,(H,15,18);1,3-7H;1-3H;3-4,8H,6H2,1-2H3,(H,7,9)/t14-,19+;;7-,10+;;;3-,4+/m1.1..1/s1. The lowest BCUT2D eigenvalue weighted by Gasteiger charge is -2.17. The van der Waals surface area contributed by atoms with E-state index < -0.39 is 69.7 Å². The molecule has 564 valence electrons. The summed E-state index contributed by atoms with van der Waals surface area (Å²) in [5.41, 5.74) is 18.5. The van der Waals surface area contributed by atoms with Crippen molar-refractivity contribution in [2.75, 3.05) is 35.0 Å². The van der Waals surface area contributed by atoms with Gasteiger partial charge in [0.2, 0.25) is 11.8 Å². The number of benzene rings is 7. The van der Waals surface area contributed by atoms with E-state index in [1.165, 1.54) is 86.7 Å². The molecule has 7 aromatic carbocycles. The first-order chi connectivity index (χ1) is 51.0. The van der Waals surface area contributed by atoms with Gasteiger partial charge in [-0.15, -0.1) is 6.42 Å². The van der Waals surface area contributed by atoms with Crippen LogP contribution < -0.4 is 31.8 Å². The maximum Gasteiger partial charge on any atom is 0.534 e. The smallest absolute Gasteiger partial charge is 0.447 e. The van der Waals surface area contributed by atoms with Gasteiger partial charge in [0.1, 0.15) is 25.2 Å². The second-order valence-corrected chi connectivity index (χ2v) is 28.4. The summed E-state index contributed by atoms with van der Waals surface area (Å²) in [5.74, 6) is 5.65. The number of carbonyl (C=O) groups is 6. The van der Waals surface area contributed by atoms with Gasteiger partial charge in [0.15, 0.2) is 0 Å². The topological polar surface area (TPSA) is 365 Å². The number of hydroxylamine groups is 4. The zero-order valence-electron chi connectivity index (χ0n) is 57.8. The lowest BCUT2D eigenvalue weighted by molar-refractivity contribution is -0.139. The predicted octanol–water partition coefficient (Wildman–Crippen LogP) is 11.2. The zero-order valence-corrected chi connectivity index (χ0v) is 64.3. The molecule has 0 saturated heterocycles. The Morgan fingerprint density at radius 3 is 1.44 bits per heavy atom. The van der Waals surface area contributed by atoms with Crippen LogP contribution in [-0.4, -0.2) is 138 Å². The van der Waals surface area contributed by atoms with Gasteiger partial charge >= 0.3 is 21.7 Å². The quantitative estimate of drug-likeness (QED) is 0.0115. The van der Waals surface area contributed by atoms with Crippen LogP contribution in [0.3, 0.4) is 0 Å². The molecular formula is C73H71Br2F3N8O17S4. The molecule has 0 bridgehead atoms. The molecule has 0 unspecified atom stereocenters. The molecule has 107 heavy (non-hydrogen) atoms. The van der Waals surface area contributed by atoms with Crippen molar-refractivity contribution in [1.29, 1.82) is 0 Å². The Hall–Kier alpha value is -9.47. The number of nitrogens with zero attached hydrogens (tertiary/aromatic N) is 3. The fraction of sp³-hybridized carbons (Fsp3) is 0.247. The van der Waals surface area contributed by atoms with Crippen LogP contribution >= 0.6 is 66.5 Å².